The van der Waals surface area contributed by atoms with Crippen LogP contribution in [0.4, 0.5) is 0 Å². The quantitative estimate of drug-likeness (QED) is 0.715. The number of aliphatic hydroxyl groups is 1. The highest BCUT2D eigenvalue weighted by Gasteiger charge is 2.39. The molecule has 2 rings (SSSR count). The molecule has 0 saturated carbocycles. The fourth-order valence-electron chi connectivity index (χ4n) is 3.11. The number of rotatable bonds is 4. The number of aliphatic hydroxyl groups excluding tert-OH is 1. The molecule has 84 valence electrons. The van der Waals surface area contributed by atoms with Gasteiger partial charge in [-0.1, -0.05) is 0 Å². The zero-order chi connectivity index (χ0) is 10.7. The van der Waals surface area contributed by atoms with Crippen LogP contribution in [0.1, 0.15) is 44.9 Å². The summed E-state index contributed by atoms with van der Waals surface area (Å²) in [5.74, 6) is 0. The Hall–Kier alpha value is -0.590. The molecule has 2 aliphatic rings. The molecule has 0 aliphatic carbocycles. The van der Waals surface area contributed by atoms with E-state index in [-0.39, 0.29) is 6.10 Å². The Balaban J connectivity index is 1.76. The number of hydrogen-bond donors (Lipinski definition) is 1. The van der Waals surface area contributed by atoms with E-state index in [2.05, 4.69) is 11.0 Å². The maximum Gasteiger partial charge on any atom is 0.0621 e. The molecule has 0 aromatic carbocycles. The van der Waals surface area contributed by atoms with Crippen molar-refractivity contribution in [3.05, 3.63) is 0 Å². The lowest BCUT2D eigenvalue weighted by molar-refractivity contribution is 0.0348. The number of unbranched alkanes of at least 4 members (excludes halogenated alkanes) is 2. The predicted molar refractivity (Wildman–Crippen MR) is 58.2 cm³/mol. The molecule has 0 aromatic heterocycles. The van der Waals surface area contributed by atoms with Gasteiger partial charge in [-0.3, -0.25) is 4.90 Å². The van der Waals surface area contributed by atoms with Gasteiger partial charge in [0.05, 0.1) is 12.2 Å². The number of hydrogen-bond acceptors (Lipinski definition) is 3. The molecule has 0 radical (unpaired) electrons. The molecule has 2 unspecified atom stereocenters. The molecule has 2 atom stereocenters. The van der Waals surface area contributed by atoms with Crippen molar-refractivity contribution in [2.24, 2.45) is 0 Å². The largest absolute Gasteiger partial charge is 0.393 e. The van der Waals surface area contributed by atoms with Crippen LogP contribution in [0.2, 0.25) is 0 Å². The number of fused-ring (bicyclic) bond motifs is 2. The Kier molecular flexibility index (Phi) is 3.61. The Bertz CT molecular complexity index is 234. The Morgan fingerprint density at radius 2 is 1.87 bits per heavy atom. The van der Waals surface area contributed by atoms with Gasteiger partial charge in [0.2, 0.25) is 0 Å². The van der Waals surface area contributed by atoms with Gasteiger partial charge in [-0.15, -0.1) is 0 Å². The summed E-state index contributed by atoms with van der Waals surface area (Å²) in [6.45, 7) is 1.13. The van der Waals surface area contributed by atoms with Gasteiger partial charge < -0.3 is 5.11 Å². The van der Waals surface area contributed by atoms with E-state index in [1.807, 2.05) is 0 Å². The molecular weight excluding hydrogens is 188 g/mol. The van der Waals surface area contributed by atoms with Gasteiger partial charge in [0.1, 0.15) is 0 Å². The van der Waals surface area contributed by atoms with Crippen molar-refractivity contribution in [1.82, 2.24) is 4.90 Å². The molecule has 2 bridgehead atoms. The molecule has 0 aromatic rings. The summed E-state index contributed by atoms with van der Waals surface area (Å²) in [4.78, 5) is 2.57. The molecule has 3 nitrogen and oxygen atoms in total. The molecule has 2 aliphatic heterocycles. The average Bonchev–Trinajstić information content (AvgIpc) is 2.46. The first-order chi connectivity index (χ1) is 7.31. The van der Waals surface area contributed by atoms with Crippen LogP contribution in [0.5, 0.6) is 0 Å². The van der Waals surface area contributed by atoms with E-state index in [1.54, 1.807) is 0 Å². The third-order valence-corrected chi connectivity index (χ3v) is 3.81. The second kappa shape index (κ2) is 4.96. The SMILES string of the molecule is N#CCCCCN1C2CCC1CC(O)C2. The van der Waals surface area contributed by atoms with E-state index in [4.69, 9.17) is 5.26 Å². The summed E-state index contributed by atoms with van der Waals surface area (Å²) < 4.78 is 0. The van der Waals surface area contributed by atoms with Crippen LogP contribution in [0.25, 0.3) is 0 Å². The number of nitrogens with zero attached hydrogens (tertiary/aromatic N) is 2. The molecule has 3 heteroatoms. The lowest BCUT2D eigenvalue weighted by Crippen LogP contribution is -2.44. The molecule has 15 heavy (non-hydrogen) atoms. The second-order valence-electron chi connectivity index (χ2n) is 4.86. The minimum atomic E-state index is -0.0575. The van der Waals surface area contributed by atoms with Crippen molar-refractivity contribution in [1.29, 1.82) is 5.26 Å². The first kappa shape index (κ1) is 10.9. The zero-order valence-corrected chi connectivity index (χ0v) is 9.23. The van der Waals surface area contributed by atoms with E-state index in [0.29, 0.717) is 18.5 Å². The minimum absolute atomic E-state index is 0.0575. The van der Waals surface area contributed by atoms with Crippen molar-refractivity contribution < 1.29 is 5.11 Å². The van der Waals surface area contributed by atoms with E-state index in [0.717, 1.165) is 32.2 Å². The highest BCUT2D eigenvalue weighted by molar-refractivity contribution is 4.94. The van der Waals surface area contributed by atoms with Crippen LogP contribution in [-0.2, 0) is 0 Å². The topological polar surface area (TPSA) is 47.3 Å². The third-order valence-electron chi connectivity index (χ3n) is 3.81. The summed E-state index contributed by atoms with van der Waals surface area (Å²) >= 11 is 0. The Morgan fingerprint density at radius 1 is 1.20 bits per heavy atom. The molecule has 1 N–H and O–H groups in total. The molecule has 2 saturated heterocycles. The Labute approximate surface area is 91.7 Å². The van der Waals surface area contributed by atoms with E-state index < -0.39 is 0 Å². The molecule has 0 spiro atoms. The lowest BCUT2D eigenvalue weighted by Gasteiger charge is -2.37. The lowest BCUT2D eigenvalue weighted by atomic mass is 9.99. The van der Waals surface area contributed by atoms with Crippen LogP contribution < -0.4 is 0 Å². The van der Waals surface area contributed by atoms with Crippen LogP contribution in [-0.4, -0.2) is 34.7 Å². The van der Waals surface area contributed by atoms with Gasteiger partial charge in [-0.25, -0.2) is 0 Å². The number of piperidine rings is 1. The first-order valence-corrected chi connectivity index (χ1v) is 6.12. The normalized spacial score (nSPS) is 35.3. The first-order valence-electron chi connectivity index (χ1n) is 6.12. The van der Waals surface area contributed by atoms with Crippen molar-refractivity contribution in [3.8, 4) is 6.07 Å². The van der Waals surface area contributed by atoms with Gasteiger partial charge in [0.25, 0.3) is 0 Å². The highest BCUT2D eigenvalue weighted by atomic mass is 16.3. The number of nitriles is 1. The van der Waals surface area contributed by atoms with Gasteiger partial charge >= 0.3 is 0 Å². The standard InChI is InChI=1S/C12H20N2O/c13-6-2-1-3-7-14-10-4-5-11(14)9-12(15)8-10/h10-12,15H,1-5,7-9H2. The predicted octanol–water partition coefficient (Wildman–Crippen LogP) is 1.67. The van der Waals surface area contributed by atoms with Crippen LogP contribution in [0.15, 0.2) is 0 Å². The van der Waals surface area contributed by atoms with Gasteiger partial charge in [0.15, 0.2) is 0 Å². The fraction of sp³-hybridized carbons (Fsp3) is 0.917. The van der Waals surface area contributed by atoms with Crippen molar-refractivity contribution in [2.45, 2.75) is 63.1 Å². The van der Waals surface area contributed by atoms with Crippen LogP contribution >= 0.6 is 0 Å². The summed E-state index contributed by atoms with van der Waals surface area (Å²) in [7, 11) is 0. The summed E-state index contributed by atoms with van der Waals surface area (Å²) in [5, 5.41) is 18.1. The van der Waals surface area contributed by atoms with Crippen molar-refractivity contribution >= 4 is 0 Å². The smallest absolute Gasteiger partial charge is 0.0621 e. The maximum atomic E-state index is 9.65. The van der Waals surface area contributed by atoms with Crippen LogP contribution in [0.3, 0.4) is 0 Å². The van der Waals surface area contributed by atoms with Gasteiger partial charge in [-0.05, 0) is 45.1 Å². The monoisotopic (exact) mass is 208 g/mol. The minimum Gasteiger partial charge on any atom is -0.393 e. The van der Waals surface area contributed by atoms with Crippen LogP contribution in [0, 0.1) is 11.3 Å². The maximum absolute atomic E-state index is 9.65. The van der Waals surface area contributed by atoms with Gasteiger partial charge in [0, 0.05) is 18.5 Å². The van der Waals surface area contributed by atoms with Gasteiger partial charge in [-0.2, -0.15) is 5.26 Å². The second-order valence-corrected chi connectivity index (χ2v) is 4.86. The average molecular weight is 208 g/mol. The molecule has 2 fully saturated rings. The molecule has 0 amide bonds. The van der Waals surface area contributed by atoms with E-state index in [1.165, 1.54) is 12.8 Å². The molecule has 2 heterocycles. The zero-order valence-electron chi connectivity index (χ0n) is 9.23. The summed E-state index contributed by atoms with van der Waals surface area (Å²) in [6, 6.07) is 3.44. The summed E-state index contributed by atoms with van der Waals surface area (Å²) in [6.07, 6.45) is 7.25. The fourth-order valence-corrected chi connectivity index (χ4v) is 3.11. The highest BCUT2D eigenvalue weighted by Crippen LogP contribution is 2.35. The third kappa shape index (κ3) is 2.50. The van der Waals surface area contributed by atoms with Crippen molar-refractivity contribution in [2.75, 3.05) is 6.54 Å². The van der Waals surface area contributed by atoms with E-state index >= 15 is 0 Å². The summed E-state index contributed by atoms with van der Waals surface area (Å²) in [5.41, 5.74) is 0. The molecular formula is C12H20N2O. The van der Waals surface area contributed by atoms with Crippen molar-refractivity contribution in [3.63, 3.8) is 0 Å². The Morgan fingerprint density at radius 3 is 2.47 bits per heavy atom. The van der Waals surface area contributed by atoms with E-state index in [9.17, 15) is 5.11 Å².